The summed E-state index contributed by atoms with van der Waals surface area (Å²) in [6.45, 7) is 3.94. The Morgan fingerprint density at radius 1 is 1.24 bits per heavy atom. The third kappa shape index (κ3) is 3.65. The zero-order valence-electron chi connectivity index (χ0n) is 19.0. The van der Waals surface area contributed by atoms with Gasteiger partial charge in [0.15, 0.2) is 0 Å². The molecule has 2 saturated heterocycles. The van der Waals surface area contributed by atoms with Crippen LogP contribution in [0.5, 0.6) is 0 Å². The minimum atomic E-state index is -1.21. The highest BCUT2D eigenvalue weighted by Gasteiger charge is 2.73. The van der Waals surface area contributed by atoms with Crippen molar-refractivity contribution in [3.05, 3.63) is 60.7 Å². The van der Waals surface area contributed by atoms with Crippen molar-refractivity contribution in [2.75, 3.05) is 6.61 Å². The molecular formula is C26H30N2O6. The van der Waals surface area contributed by atoms with E-state index < -0.39 is 41.7 Å². The number of fused-ring (bicyclic) bond motifs is 1. The average Bonchev–Trinajstić information content (AvgIpc) is 3.49. The van der Waals surface area contributed by atoms with E-state index in [-0.39, 0.29) is 24.5 Å². The number of hydrogen-bond donors (Lipinski definition) is 2. The molecule has 5 atom stereocenters. The number of nitrogens with zero attached hydrogens (tertiary/aromatic N) is 1. The van der Waals surface area contributed by atoms with E-state index in [9.17, 15) is 19.5 Å². The Kier molecular flexibility index (Phi) is 6.04. The van der Waals surface area contributed by atoms with Crippen LogP contribution in [0.25, 0.3) is 0 Å². The molecular weight excluding hydrogens is 436 g/mol. The van der Waals surface area contributed by atoms with Crippen LogP contribution in [0, 0.1) is 11.8 Å². The summed E-state index contributed by atoms with van der Waals surface area (Å²) in [7, 11) is 0. The van der Waals surface area contributed by atoms with Gasteiger partial charge in [0.1, 0.15) is 24.2 Å². The summed E-state index contributed by atoms with van der Waals surface area (Å²) in [5, 5.41) is 13.0. The summed E-state index contributed by atoms with van der Waals surface area (Å²) in [5.41, 5.74) is -0.268. The van der Waals surface area contributed by atoms with Crippen molar-refractivity contribution in [2.24, 2.45) is 11.8 Å². The van der Waals surface area contributed by atoms with Crippen LogP contribution in [0.4, 0.5) is 0 Å². The van der Waals surface area contributed by atoms with Gasteiger partial charge in [-0.3, -0.25) is 14.4 Å². The summed E-state index contributed by atoms with van der Waals surface area (Å²) in [6, 6.07) is 8.45. The van der Waals surface area contributed by atoms with Crippen molar-refractivity contribution in [3.8, 4) is 0 Å². The van der Waals surface area contributed by atoms with Crippen LogP contribution < -0.4 is 5.32 Å². The zero-order valence-corrected chi connectivity index (χ0v) is 19.0. The van der Waals surface area contributed by atoms with Crippen molar-refractivity contribution in [2.45, 2.75) is 62.1 Å². The van der Waals surface area contributed by atoms with Crippen LogP contribution in [0.1, 0.15) is 31.2 Å². The summed E-state index contributed by atoms with van der Waals surface area (Å²) < 4.78 is 11.6. The molecule has 5 unspecified atom stereocenters. The first-order valence-corrected chi connectivity index (χ1v) is 11.9. The maximum absolute atomic E-state index is 13.9. The SMILES string of the molecule is C=CCOC(=O)C1C2C=CC3(O2)C1C(=O)N(C1CCC(O)CC1)C3C(=O)NCc1ccccc1. The van der Waals surface area contributed by atoms with Gasteiger partial charge in [0, 0.05) is 12.6 Å². The Labute approximate surface area is 198 Å². The van der Waals surface area contributed by atoms with Gasteiger partial charge in [0.05, 0.1) is 18.1 Å². The third-order valence-corrected chi connectivity index (χ3v) is 7.54. The maximum atomic E-state index is 13.9. The minimum Gasteiger partial charge on any atom is -0.461 e. The van der Waals surface area contributed by atoms with Gasteiger partial charge in [-0.25, -0.2) is 0 Å². The van der Waals surface area contributed by atoms with Crippen molar-refractivity contribution in [1.82, 2.24) is 10.2 Å². The van der Waals surface area contributed by atoms with Crippen LogP contribution >= 0.6 is 0 Å². The fourth-order valence-electron chi connectivity index (χ4n) is 6.02. The van der Waals surface area contributed by atoms with E-state index in [1.54, 1.807) is 17.1 Å². The first-order chi connectivity index (χ1) is 16.5. The molecule has 1 aromatic carbocycles. The number of amides is 2. The smallest absolute Gasteiger partial charge is 0.313 e. The molecule has 2 N–H and O–H groups in total. The summed E-state index contributed by atoms with van der Waals surface area (Å²) in [6.07, 6.45) is 6.36. The summed E-state index contributed by atoms with van der Waals surface area (Å²) in [4.78, 5) is 42.1. The van der Waals surface area contributed by atoms with Crippen LogP contribution in [0.3, 0.4) is 0 Å². The molecule has 180 valence electrons. The van der Waals surface area contributed by atoms with E-state index in [0.29, 0.717) is 32.2 Å². The number of ether oxygens (including phenoxy) is 2. The lowest BCUT2D eigenvalue weighted by molar-refractivity contribution is -0.154. The Morgan fingerprint density at radius 2 is 1.97 bits per heavy atom. The van der Waals surface area contributed by atoms with Gasteiger partial charge in [-0.05, 0) is 31.2 Å². The van der Waals surface area contributed by atoms with Crippen LogP contribution in [0.15, 0.2) is 55.1 Å². The Balaban J connectivity index is 1.46. The molecule has 8 nitrogen and oxygen atoms in total. The number of rotatable bonds is 7. The minimum absolute atomic E-state index is 0.0465. The van der Waals surface area contributed by atoms with Crippen LogP contribution in [0.2, 0.25) is 0 Å². The molecule has 1 spiro atoms. The van der Waals surface area contributed by atoms with Crippen molar-refractivity contribution in [1.29, 1.82) is 0 Å². The Hall–Kier alpha value is -2.97. The fourth-order valence-corrected chi connectivity index (χ4v) is 6.02. The second-order valence-corrected chi connectivity index (χ2v) is 9.53. The number of carbonyl (C=O) groups excluding carboxylic acids is 3. The van der Waals surface area contributed by atoms with E-state index in [0.717, 1.165) is 5.56 Å². The number of aliphatic hydroxyl groups excluding tert-OH is 1. The molecule has 3 aliphatic heterocycles. The lowest BCUT2D eigenvalue weighted by Gasteiger charge is -2.39. The Morgan fingerprint density at radius 3 is 2.68 bits per heavy atom. The molecule has 4 aliphatic rings. The first-order valence-electron chi connectivity index (χ1n) is 11.9. The average molecular weight is 467 g/mol. The maximum Gasteiger partial charge on any atom is 0.313 e. The largest absolute Gasteiger partial charge is 0.461 e. The van der Waals surface area contributed by atoms with Crippen molar-refractivity contribution >= 4 is 17.8 Å². The molecule has 2 bridgehead atoms. The molecule has 8 heteroatoms. The van der Waals surface area contributed by atoms with Gasteiger partial charge in [-0.2, -0.15) is 0 Å². The van der Waals surface area contributed by atoms with Crippen molar-refractivity contribution in [3.63, 3.8) is 0 Å². The number of likely N-dealkylation sites (tertiary alicyclic amines) is 1. The standard InChI is InChI=1S/C26H30N2O6/c1-2-14-33-25(32)20-19-12-13-26(34-19)21(20)24(31)28(17-8-10-18(29)11-9-17)22(26)23(30)27-15-16-6-4-3-5-7-16/h2-7,12-13,17-22,29H,1,8-11,14-15H2,(H,27,30). The normalized spacial score (nSPS) is 35.8. The van der Waals surface area contributed by atoms with Crippen molar-refractivity contribution < 1.29 is 29.0 Å². The fraction of sp³-hybridized carbons (Fsp3) is 0.500. The number of carbonyl (C=O) groups is 3. The topological polar surface area (TPSA) is 105 Å². The third-order valence-electron chi connectivity index (χ3n) is 7.54. The molecule has 0 aromatic heterocycles. The number of nitrogens with one attached hydrogen (secondary N) is 1. The predicted molar refractivity (Wildman–Crippen MR) is 122 cm³/mol. The predicted octanol–water partition coefficient (Wildman–Crippen LogP) is 1.49. The molecule has 1 saturated carbocycles. The number of benzene rings is 1. The molecule has 3 heterocycles. The monoisotopic (exact) mass is 466 g/mol. The molecule has 2 amide bonds. The molecule has 1 aromatic rings. The first kappa shape index (κ1) is 22.8. The summed E-state index contributed by atoms with van der Waals surface area (Å²) in [5.74, 6) is -2.70. The van der Waals surface area contributed by atoms with Gasteiger partial charge in [-0.1, -0.05) is 55.1 Å². The highest BCUT2D eigenvalue weighted by Crippen LogP contribution is 2.56. The highest BCUT2D eigenvalue weighted by atomic mass is 16.6. The van der Waals surface area contributed by atoms with Crippen LogP contribution in [-0.4, -0.2) is 64.3 Å². The van der Waals surface area contributed by atoms with Gasteiger partial charge in [0.2, 0.25) is 11.8 Å². The molecule has 1 aliphatic carbocycles. The van der Waals surface area contributed by atoms with E-state index in [1.165, 1.54) is 6.08 Å². The zero-order chi connectivity index (χ0) is 23.9. The van der Waals surface area contributed by atoms with E-state index >= 15 is 0 Å². The van der Waals surface area contributed by atoms with E-state index in [1.807, 2.05) is 30.3 Å². The Bertz CT molecular complexity index is 1000. The highest BCUT2D eigenvalue weighted by molar-refractivity contribution is 5.99. The number of hydrogen-bond acceptors (Lipinski definition) is 6. The van der Waals surface area contributed by atoms with E-state index in [4.69, 9.17) is 9.47 Å². The molecule has 34 heavy (non-hydrogen) atoms. The van der Waals surface area contributed by atoms with Gasteiger partial charge in [-0.15, -0.1) is 0 Å². The molecule has 3 fully saturated rings. The lowest BCUT2D eigenvalue weighted by atomic mass is 9.74. The van der Waals surface area contributed by atoms with Gasteiger partial charge in [0.25, 0.3) is 0 Å². The second kappa shape index (κ2) is 9.00. The van der Waals surface area contributed by atoms with Gasteiger partial charge < -0.3 is 24.8 Å². The van der Waals surface area contributed by atoms with E-state index in [2.05, 4.69) is 11.9 Å². The summed E-state index contributed by atoms with van der Waals surface area (Å²) >= 11 is 0. The van der Waals surface area contributed by atoms with Crippen LogP contribution in [-0.2, 0) is 30.4 Å². The second-order valence-electron chi connectivity index (χ2n) is 9.53. The quantitative estimate of drug-likeness (QED) is 0.466. The number of aliphatic hydroxyl groups is 1. The number of esters is 1. The van der Waals surface area contributed by atoms with Gasteiger partial charge >= 0.3 is 5.97 Å². The molecule has 0 radical (unpaired) electrons. The lowest BCUT2D eigenvalue weighted by Crippen LogP contribution is -2.57. The molecule has 5 rings (SSSR count).